The lowest BCUT2D eigenvalue weighted by atomic mass is 10.1. The number of anilines is 3. The normalized spacial score (nSPS) is 10.9. The summed E-state index contributed by atoms with van der Waals surface area (Å²) in [5.41, 5.74) is 0.0149. The van der Waals surface area contributed by atoms with Gasteiger partial charge in [-0.3, -0.25) is 14.4 Å². The van der Waals surface area contributed by atoms with Crippen molar-refractivity contribution >= 4 is 46.8 Å². The lowest BCUT2D eigenvalue weighted by Gasteiger charge is -2.22. The summed E-state index contributed by atoms with van der Waals surface area (Å²) in [4.78, 5) is 65.0. The van der Waals surface area contributed by atoms with E-state index in [2.05, 4.69) is 41.0 Å². The molecule has 0 radical (unpaired) electrons. The third-order valence-electron chi connectivity index (χ3n) is 7.33. The van der Waals surface area contributed by atoms with Crippen molar-refractivity contribution in [1.29, 1.82) is 5.26 Å². The number of nitriles is 1. The van der Waals surface area contributed by atoms with E-state index in [-0.39, 0.29) is 83.0 Å². The van der Waals surface area contributed by atoms with E-state index in [1.165, 1.54) is 81.0 Å². The molecule has 3 aromatic carbocycles. The van der Waals surface area contributed by atoms with Crippen LogP contribution in [0.3, 0.4) is 0 Å². The summed E-state index contributed by atoms with van der Waals surface area (Å²) in [5, 5.41) is 19.7. The highest BCUT2D eigenvalue weighted by Gasteiger charge is 2.27. The molecule has 0 heterocycles. The summed E-state index contributed by atoms with van der Waals surface area (Å²) in [7, 11) is 2.67. The van der Waals surface area contributed by atoms with E-state index in [4.69, 9.17) is 28.4 Å². The van der Waals surface area contributed by atoms with E-state index >= 15 is 0 Å². The molecule has 57 heavy (non-hydrogen) atoms. The second kappa shape index (κ2) is 21.0. The maximum Gasteiger partial charge on any atom is 0.408 e. The van der Waals surface area contributed by atoms with Crippen molar-refractivity contribution in [2.45, 2.75) is 38.8 Å². The summed E-state index contributed by atoms with van der Waals surface area (Å²) in [6.07, 6.45) is 3.18. The summed E-state index contributed by atoms with van der Waals surface area (Å²) >= 11 is 0. The SMILES string of the molecule is C=CCOC(=O)c1ccc(NC(=O)c2ccc(NC(=O)c3ccc(NC(=O)[C@H](CC#N)NC(=O)OC(C)(C)C)cc3)c(OC)c2OCC=C)c(OC)c1OCC=C. The minimum atomic E-state index is -1.20. The van der Waals surface area contributed by atoms with Crippen LogP contribution >= 0.6 is 0 Å². The number of amides is 4. The summed E-state index contributed by atoms with van der Waals surface area (Å²) < 4.78 is 33.1. The minimum absolute atomic E-state index is 0.00716. The number of hydrogen-bond donors (Lipinski definition) is 4. The predicted octanol–water partition coefficient (Wildman–Crippen LogP) is 6.43. The molecule has 3 aromatic rings. The molecule has 16 heteroatoms. The Bertz CT molecular complexity index is 2030. The average Bonchev–Trinajstić information content (AvgIpc) is 3.17. The lowest BCUT2D eigenvalue weighted by molar-refractivity contribution is -0.118. The van der Waals surface area contributed by atoms with Crippen LogP contribution in [0.15, 0.2) is 86.5 Å². The standard InChI is InChI=1S/C41H45N5O11/c1-9-22-54-32-27(37(48)45-30-19-17-28(39(50)56-24-11-3)33(35(30)53-8)55-23-10-2)16-18-29(34(32)52-7)44-36(47)25-12-14-26(15-13-25)43-38(49)31(20-21-42)46-40(51)57-41(4,5)6/h9-19,31H,1-3,20,22-24H2,4-8H3,(H,43,49)(H,44,47)(H,45,48)(H,46,51)/t31-/m0/s1. The molecule has 0 saturated heterocycles. The number of methoxy groups -OCH3 is 2. The third kappa shape index (κ3) is 12.4. The molecule has 300 valence electrons. The van der Waals surface area contributed by atoms with Crippen LogP contribution in [0.2, 0.25) is 0 Å². The van der Waals surface area contributed by atoms with E-state index in [0.29, 0.717) is 0 Å². The smallest absolute Gasteiger partial charge is 0.408 e. The highest BCUT2D eigenvalue weighted by Crippen LogP contribution is 2.42. The molecule has 0 unspecified atom stereocenters. The van der Waals surface area contributed by atoms with Gasteiger partial charge in [0.1, 0.15) is 37.0 Å². The molecular formula is C41H45N5O11. The minimum Gasteiger partial charge on any atom is -0.491 e. The van der Waals surface area contributed by atoms with Gasteiger partial charge >= 0.3 is 12.1 Å². The molecule has 0 saturated carbocycles. The summed E-state index contributed by atoms with van der Waals surface area (Å²) in [6.45, 7) is 15.8. The summed E-state index contributed by atoms with van der Waals surface area (Å²) in [6, 6.07) is 12.2. The van der Waals surface area contributed by atoms with Gasteiger partial charge in [-0.15, -0.1) is 0 Å². The molecule has 0 bridgehead atoms. The fourth-order valence-electron chi connectivity index (χ4n) is 4.92. The molecule has 0 aromatic heterocycles. The van der Waals surface area contributed by atoms with Gasteiger partial charge in [-0.05, 0) is 69.3 Å². The highest BCUT2D eigenvalue weighted by atomic mass is 16.6. The van der Waals surface area contributed by atoms with Crippen LogP contribution in [0, 0.1) is 11.3 Å². The van der Waals surface area contributed by atoms with Crippen molar-refractivity contribution in [3.8, 4) is 29.1 Å². The highest BCUT2D eigenvalue weighted by molar-refractivity contribution is 6.10. The second-order valence-corrected chi connectivity index (χ2v) is 12.7. The molecule has 1 atom stereocenters. The molecule has 4 N–H and O–H groups in total. The van der Waals surface area contributed by atoms with Crippen LogP contribution < -0.4 is 40.2 Å². The number of nitrogens with one attached hydrogen (secondary N) is 4. The lowest BCUT2D eigenvalue weighted by Crippen LogP contribution is -2.45. The van der Waals surface area contributed by atoms with Gasteiger partial charge in [-0.1, -0.05) is 38.0 Å². The van der Waals surface area contributed by atoms with Crippen molar-refractivity contribution < 1.29 is 52.4 Å². The van der Waals surface area contributed by atoms with Crippen LogP contribution in [0.5, 0.6) is 23.0 Å². The van der Waals surface area contributed by atoms with E-state index in [0.717, 1.165) is 0 Å². The van der Waals surface area contributed by atoms with Gasteiger partial charge < -0.3 is 49.7 Å². The number of esters is 1. The topological polar surface area (TPSA) is 213 Å². The Morgan fingerprint density at radius 1 is 0.719 bits per heavy atom. The molecule has 0 aliphatic carbocycles. The van der Waals surface area contributed by atoms with E-state index in [9.17, 15) is 29.2 Å². The Morgan fingerprint density at radius 3 is 1.75 bits per heavy atom. The number of hydrogen-bond acceptors (Lipinski definition) is 12. The van der Waals surface area contributed by atoms with Crippen molar-refractivity contribution in [3.63, 3.8) is 0 Å². The van der Waals surface area contributed by atoms with Crippen molar-refractivity contribution in [2.24, 2.45) is 0 Å². The average molecular weight is 784 g/mol. The Hall–Kier alpha value is -7.28. The number of benzene rings is 3. The van der Waals surface area contributed by atoms with Crippen LogP contribution in [-0.4, -0.2) is 75.5 Å². The van der Waals surface area contributed by atoms with Crippen LogP contribution in [-0.2, 0) is 14.3 Å². The Labute approximate surface area is 330 Å². The van der Waals surface area contributed by atoms with Crippen molar-refractivity contribution in [3.05, 3.63) is 103 Å². The quantitative estimate of drug-likeness (QED) is 0.0766. The first-order chi connectivity index (χ1) is 27.2. The molecule has 0 spiro atoms. The maximum atomic E-state index is 13.8. The van der Waals surface area contributed by atoms with E-state index in [1.54, 1.807) is 20.8 Å². The van der Waals surface area contributed by atoms with Gasteiger partial charge in [0, 0.05) is 11.3 Å². The first kappa shape index (κ1) is 44.1. The van der Waals surface area contributed by atoms with Gasteiger partial charge in [0.2, 0.25) is 5.91 Å². The summed E-state index contributed by atoms with van der Waals surface area (Å²) in [5.74, 6) is -2.57. The molecule has 0 aliphatic heterocycles. The zero-order valence-corrected chi connectivity index (χ0v) is 32.3. The van der Waals surface area contributed by atoms with Gasteiger partial charge in [0.25, 0.3) is 11.8 Å². The number of ether oxygens (including phenoxy) is 6. The molecule has 0 aliphatic rings. The van der Waals surface area contributed by atoms with E-state index in [1.807, 2.05) is 6.07 Å². The number of carbonyl (C=O) groups is 5. The van der Waals surface area contributed by atoms with E-state index < -0.39 is 41.4 Å². The number of nitrogens with zero attached hydrogens (tertiary/aromatic N) is 1. The van der Waals surface area contributed by atoms with Crippen molar-refractivity contribution in [2.75, 3.05) is 50.0 Å². The molecule has 0 fully saturated rings. The molecule has 4 amide bonds. The first-order valence-electron chi connectivity index (χ1n) is 17.3. The number of rotatable bonds is 19. The largest absolute Gasteiger partial charge is 0.491 e. The number of carbonyl (C=O) groups excluding carboxylic acids is 5. The Kier molecular flexibility index (Phi) is 16.2. The number of alkyl carbamates (subject to hydrolysis) is 1. The van der Waals surface area contributed by atoms with Gasteiger partial charge in [0.15, 0.2) is 23.0 Å². The monoisotopic (exact) mass is 783 g/mol. The van der Waals surface area contributed by atoms with Crippen LogP contribution in [0.4, 0.5) is 21.9 Å². The van der Waals surface area contributed by atoms with Crippen LogP contribution in [0.1, 0.15) is 58.3 Å². The zero-order valence-electron chi connectivity index (χ0n) is 32.3. The predicted molar refractivity (Wildman–Crippen MR) is 212 cm³/mol. The third-order valence-corrected chi connectivity index (χ3v) is 7.33. The van der Waals surface area contributed by atoms with Crippen LogP contribution in [0.25, 0.3) is 0 Å². The van der Waals surface area contributed by atoms with Gasteiger partial charge in [0.05, 0.1) is 43.6 Å². The van der Waals surface area contributed by atoms with Gasteiger partial charge in [-0.25, -0.2) is 9.59 Å². The molecule has 3 rings (SSSR count). The Morgan fingerprint density at radius 2 is 1.25 bits per heavy atom. The molecule has 16 nitrogen and oxygen atoms in total. The second-order valence-electron chi connectivity index (χ2n) is 12.7. The Balaban J connectivity index is 1.87. The molecular weight excluding hydrogens is 738 g/mol. The maximum absolute atomic E-state index is 13.8. The van der Waals surface area contributed by atoms with Crippen molar-refractivity contribution in [1.82, 2.24) is 5.32 Å². The first-order valence-corrected chi connectivity index (χ1v) is 17.3. The zero-order chi connectivity index (χ0) is 42.1. The van der Waals surface area contributed by atoms with Gasteiger partial charge in [-0.2, -0.15) is 5.26 Å². The fraction of sp³-hybridized carbons (Fsp3) is 0.268. The fourth-order valence-corrected chi connectivity index (χ4v) is 4.92.